The molecular weight excluding hydrogens is 298 g/mol. The van der Waals surface area contributed by atoms with Crippen molar-refractivity contribution >= 4 is 6.09 Å². The van der Waals surface area contributed by atoms with Crippen molar-refractivity contribution in [2.24, 2.45) is 0 Å². The van der Waals surface area contributed by atoms with Crippen LogP contribution < -0.4 is 0 Å². The fourth-order valence-corrected chi connectivity index (χ4v) is 4.14. The average molecular weight is 321 g/mol. The standard InChI is InChI=1S/C21H23NO2/c1-22(15-8-2-3-9-15)21(23)24-14-20-18-12-6-4-10-16(18)17-11-5-7-13-19(17)20/h4-7,10-13,15,20H,2-3,8-9,14H2,1H3. The fraction of sp³-hybridized carbons (Fsp3) is 0.381. The summed E-state index contributed by atoms with van der Waals surface area (Å²) in [6, 6.07) is 17.2. The van der Waals surface area contributed by atoms with Crippen LogP contribution in [0, 0.1) is 0 Å². The third kappa shape index (κ3) is 2.58. The van der Waals surface area contributed by atoms with Gasteiger partial charge in [-0.1, -0.05) is 61.4 Å². The maximum Gasteiger partial charge on any atom is 0.409 e. The van der Waals surface area contributed by atoms with Crippen LogP contribution in [0.2, 0.25) is 0 Å². The Morgan fingerprint density at radius 2 is 1.54 bits per heavy atom. The third-order valence-electron chi connectivity index (χ3n) is 5.50. The Hall–Kier alpha value is -2.29. The molecule has 124 valence electrons. The molecule has 1 fully saturated rings. The van der Waals surface area contributed by atoms with Crippen LogP contribution >= 0.6 is 0 Å². The summed E-state index contributed by atoms with van der Waals surface area (Å²) in [5.41, 5.74) is 5.04. The van der Waals surface area contributed by atoms with E-state index in [0.717, 1.165) is 12.8 Å². The van der Waals surface area contributed by atoms with E-state index in [9.17, 15) is 4.79 Å². The van der Waals surface area contributed by atoms with Gasteiger partial charge in [0.2, 0.25) is 0 Å². The topological polar surface area (TPSA) is 29.5 Å². The van der Waals surface area contributed by atoms with Crippen molar-refractivity contribution in [3.05, 3.63) is 59.7 Å². The summed E-state index contributed by atoms with van der Waals surface area (Å²) in [6.45, 7) is 0.407. The lowest BCUT2D eigenvalue weighted by Gasteiger charge is -2.24. The van der Waals surface area contributed by atoms with E-state index in [-0.39, 0.29) is 12.0 Å². The minimum atomic E-state index is -0.191. The lowest BCUT2D eigenvalue weighted by atomic mass is 9.98. The first-order valence-corrected chi connectivity index (χ1v) is 8.83. The van der Waals surface area contributed by atoms with Gasteiger partial charge in [0.05, 0.1) is 0 Å². The molecule has 0 N–H and O–H groups in total. The lowest BCUT2D eigenvalue weighted by Crippen LogP contribution is -2.36. The highest BCUT2D eigenvalue weighted by atomic mass is 16.6. The summed E-state index contributed by atoms with van der Waals surface area (Å²) in [5.74, 6) is 0.137. The maximum absolute atomic E-state index is 12.4. The zero-order chi connectivity index (χ0) is 16.5. The maximum atomic E-state index is 12.4. The number of carbonyl (C=O) groups excluding carboxylic acids is 1. The van der Waals surface area contributed by atoms with Crippen molar-refractivity contribution < 1.29 is 9.53 Å². The van der Waals surface area contributed by atoms with Crippen molar-refractivity contribution in [2.75, 3.05) is 13.7 Å². The van der Waals surface area contributed by atoms with Crippen molar-refractivity contribution in [3.8, 4) is 11.1 Å². The predicted octanol–water partition coefficient (Wildman–Crippen LogP) is 4.81. The van der Waals surface area contributed by atoms with Gasteiger partial charge in [-0.3, -0.25) is 0 Å². The number of carbonyl (C=O) groups is 1. The first kappa shape index (κ1) is 15.3. The van der Waals surface area contributed by atoms with Crippen molar-refractivity contribution in [3.63, 3.8) is 0 Å². The van der Waals surface area contributed by atoms with Crippen molar-refractivity contribution in [1.29, 1.82) is 0 Å². The van der Waals surface area contributed by atoms with Crippen LogP contribution in [-0.2, 0) is 4.74 Å². The highest BCUT2D eigenvalue weighted by molar-refractivity contribution is 5.79. The largest absolute Gasteiger partial charge is 0.448 e. The Kier molecular flexibility index (Phi) is 4.01. The number of amides is 1. The Morgan fingerprint density at radius 3 is 2.12 bits per heavy atom. The molecule has 0 spiro atoms. The van der Waals surface area contributed by atoms with E-state index in [1.165, 1.54) is 35.1 Å². The van der Waals surface area contributed by atoms with E-state index in [2.05, 4.69) is 48.5 Å². The van der Waals surface area contributed by atoms with Gasteiger partial charge in [0.1, 0.15) is 6.61 Å². The third-order valence-corrected chi connectivity index (χ3v) is 5.50. The lowest BCUT2D eigenvalue weighted by molar-refractivity contribution is 0.0952. The quantitative estimate of drug-likeness (QED) is 0.812. The molecule has 0 unspecified atom stereocenters. The summed E-state index contributed by atoms with van der Waals surface area (Å²) in [6.07, 6.45) is 4.43. The molecule has 0 atom stereocenters. The summed E-state index contributed by atoms with van der Waals surface area (Å²) in [7, 11) is 1.87. The predicted molar refractivity (Wildman–Crippen MR) is 95.1 cm³/mol. The molecule has 2 aromatic rings. The second-order valence-electron chi connectivity index (χ2n) is 6.85. The number of rotatable bonds is 3. The molecule has 4 rings (SSSR count). The summed E-state index contributed by atoms with van der Waals surface area (Å²) < 4.78 is 5.70. The van der Waals surface area contributed by atoms with E-state index in [4.69, 9.17) is 4.74 Å². The van der Waals surface area contributed by atoms with E-state index in [0.29, 0.717) is 12.6 Å². The monoisotopic (exact) mass is 321 g/mol. The Balaban J connectivity index is 1.51. The van der Waals surface area contributed by atoms with Crippen LogP contribution in [0.1, 0.15) is 42.7 Å². The summed E-state index contributed by atoms with van der Waals surface area (Å²) in [5, 5.41) is 0. The molecule has 0 heterocycles. The normalized spacial score (nSPS) is 16.7. The van der Waals surface area contributed by atoms with Crippen LogP contribution in [0.3, 0.4) is 0 Å². The van der Waals surface area contributed by atoms with Crippen molar-refractivity contribution in [1.82, 2.24) is 4.90 Å². The van der Waals surface area contributed by atoms with Gasteiger partial charge in [0.25, 0.3) is 0 Å². The zero-order valence-electron chi connectivity index (χ0n) is 14.1. The molecule has 1 amide bonds. The van der Waals surface area contributed by atoms with Gasteiger partial charge in [0.15, 0.2) is 0 Å². The number of fused-ring (bicyclic) bond motifs is 3. The smallest absolute Gasteiger partial charge is 0.409 e. The van der Waals surface area contributed by atoms with Crippen LogP contribution in [0.15, 0.2) is 48.5 Å². The van der Waals surface area contributed by atoms with Crippen LogP contribution in [0.5, 0.6) is 0 Å². The first-order chi connectivity index (χ1) is 11.8. The fourth-order valence-electron chi connectivity index (χ4n) is 4.14. The van der Waals surface area contributed by atoms with E-state index in [1.54, 1.807) is 4.90 Å². The Labute approximate surface area is 143 Å². The van der Waals surface area contributed by atoms with E-state index in [1.807, 2.05) is 7.05 Å². The van der Waals surface area contributed by atoms with E-state index < -0.39 is 0 Å². The number of nitrogens with zero attached hydrogens (tertiary/aromatic N) is 1. The molecule has 2 aromatic carbocycles. The number of benzene rings is 2. The molecule has 2 aliphatic rings. The van der Waals surface area contributed by atoms with Gasteiger partial charge < -0.3 is 9.64 Å². The SMILES string of the molecule is CN(C(=O)OCC1c2ccccc2-c2ccccc21)C1CCCC1. The minimum Gasteiger partial charge on any atom is -0.448 e. The number of hydrogen-bond acceptors (Lipinski definition) is 2. The molecular formula is C21H23NO2. The Morgan fingerprint density at radius 1 is 1.00 bits per heavy atom. The number of hydrogen-bond donors (Lipinski definition) is 0. The van der Waals surface area contributed by atoms with Gasteiger partial charge in [-0.15, -0.1) is 0 Å². The zero-order valence-corrected chi connectivity index (χ0v) is 14.1. The molecule has 0 radical (unpaired) electrons. The van der Waals surface area contributed by atoms with Crippen LogP contribution in [0.4, 0.5) is 4.79 Å². The van der Waals surface area contributed by atoms with Gasteiger partial charge in [-0.2, -0.15) is 0 Å². The summed E-state index contributed by atoms with van der Waals surface area (Å²) >= 11 is 0. The molecule has 0 aromatic heterocycles. The molecule has 3 heteroatoms. The van der Waals surface area contributed by atoms with E-state index >= 15 is 0 Å². The molecule has 0 aliphatic heterocycles. The minimum absolute atomic E-state index is 0.137. The Bertz CT molecular complexity index is 704. The molecule has 2 aliphatic carbocycles. The highest BCUT2D eigenvalue weighted by Gasteiger charge is 2.30. The highest BCUT2D eigenvalue weighted by Crippen LogP contribution is 2.44. The van der Waals surface area contributed by atoms with Gasteiger partial charge in [-0.05, 0) is 35.1 Å². The molecule has 1 saturated carbocycles. The number of ether oxygens (including phenoxy) is 1. The van der Waals surface area contributed by atoms with Crippen LogP contribution in [-0.4, -0.2) is 30.7 Å². The summed E-state index contributed by atoms with van der Waals surface area (Å²) in [4.78, 5) is 14.2. The molecule has 3 nitrogen and oxygen atoms in total. The van der Waals surface area contributed by atoms with Gasteiger partial charge >= 0.3 is 6.09 Å². The molecule has 0 saturated heterocycles. The first-order valence-electron chi connectivity index (χ1n) is 8.83. The van der Waals surface area contributed by atoms with Crippen molar-refractivity contribution in [2.45, 2.75) is 37.6 Å². The average Bonchev–Trinajstić information content (AvgIpc) is 3.26. The molecule has 0 bridgehead atoms. The van der Waals surface area contributed by atoms with Crippen LogP contribution in [0.25, 0.3) is 11.1 Å². The van der Waals surface area contributed by atoms with Gasteiger partial charge in [0, 0.05) is 19.0 Å². The second kappa shape index (κ2) is 6.31. The van der Waals surface area contributed by atoms with Gasteiger partial charge in [-0.25, -0.2) is 4.79 Å². The molecule has 24 heavy (non-hydrogen) atoms. The second-order valence-corrected chi connectivity index (χ2v) is 6.85.